The van der Waals surface area contributed by atoms with Crippen molar-refractivity contribution in [2.24, 2.45) is 10.1 Å². The minimum Gasteiger partial charge on any atom is -0.497 e. The molecule has 0 fully saturated rings. The summed E-state index contributed by atoms with van der Waals surface area (Å²) in [5.74, 6) is 1.67. The van der Waals surface area contributed by atoms with Crippen molar-refractivity contribution < 1.29 is 23.7 Å². The van der Waals surface area contributed by atoms with Gasteiger partial charge in [0.2, 0.25) is 5.17 Å². The summed E-state index contributed by atoms with van der Waals surface area (Å²) in [5.41, 5.74) is 0.674. The maximum absolute atomic E-state index is 12.6. The van der Waals surface area contributed by atoms with Gasteiger partial charge in [0.1, 0.15) is 24.7 Å². The molecule has 4 rings (SSSR count). The number of fused-ring (bicyclic) bond motifs is 1. The number of hydrogen-bond donors (Lipinski definition) is 1. The Morgan fingerprint density at radius 2 is 1.83 bits per heavy atom. The molecule has 2 aliphatic heterocycles. The molecule has 35 heavy (non-hydrogen) atoms. The number of aliphatic imine (C=N–C) groups is 1. The topological polar surface area (TPSA) is 106 Å². The second-order valence-corrected chi connectivity index (χ2v) is 8.84. The number of halogens is 1. The molecule has 2 aliphatic rings. The molecule has 0 radical (unpaired) electrons. The average molecular weight is 515 g/mol. The average Bonchev–Trinajstić information content (AvgIpc) is 3.21. The van der Waals surface area contributed by atoms with Crippen molar-refractivity contribution in [1.82, 2.24) is 5.01 Å². The van der Waals surface area contributed by atoms with E-state index in [9.17, 15) is 4.79 Å². The molecule has 2 aromatic rings. The molecule has 11 heteroatoms. The lowest BCUT2D eigenvalue weighted by molar-refractivity contribution is -0.114. The first-order valence-corrected chi connectivity index (χ1v) is 11.9. The van der Waals surface area contributed by atoms with Crippen molar-refractivity contribution in [2.45, 2.75) is 13.8 Å². The van der Waals surface area contributed by atoms with E-state index in [4.69, 9.17) is 36.0 Å². The van der Waals surface area contributed by atoms with Crippen molar-refractivity contribution in [1.29, 1.82) is 5.41 Å². The normalized spacial score (nSPS) is 16.1. The number of thioether (sulfide) groups is 1. The zero-order valence-corrected chi connectivity index (χ0v) is 20.9. The fourth-order valence-electron chi connectivity index (χ4n) is 3.30. The highest BCUT2D eigenvalue weighted by Crippen LogP contribution is 2.38. The summed E-state index contributed by atoms with van der Waals surface area (Å²) in [6, 6.07) is 10.6. The Kier molecular flexibility index (Phi) is 7.62. The van der Waals surface area contributed by atoms with Gasteiger partial charge in [-0.2, -0.15) is 15.1 Å². The maximum atomic E-state index is 12.6. The Morgan fingerprint density at radius 1 is 1.11 bits per heavy atom. The van der Waals surface area contributed by atoms with E-state index in [1.54, 1.807) is 32.2 Å². The van der Waals surface area contributed by atoms with Crippen LogP contribution in [0.4, 0.5) is 0 Å². The maximum Gasteiger partial charge on any atom is 0.283 e. The Morgan fingerprint density at radius 3 is 2.54 bits per heavy atom. The summed E-state index contributed by atoms with van der Waals surface area (Å²) in [4.78, 5) is 16.6. The summed E-state index contributed by atoms with van der Waals surface area (Å²) in [6.45, 7) is 4.55. The van der Waals surface area contributed by atoms with Crippen LogP contribution >= 0.6 is 23.4 Å². The monoisotopic (exact) mass is 514 g/mol. The number of amidine groups is 2. The van der Waals surface area contributed by atoms with E-state index in [0.29, 0.717) is 51.3 Å². The van der Waals surface area contributed by atoms with Crippen LogP contribution < -0.4 is 18.9 Å². The second-order valence-electron chi connectivity index (χ2n) is 7.27. The minimum absolute atomic E-state index is 0.0468. The van der Waals surface area contributed by atoms with Gasteiger partial charge in [-0.25, -0.2) is 0 Å². The zero-order chi connectivity index (χ0) is 24.9. The van der Waals surface area contributed by atoms with Crippen LogP contribution in [0.2, 0.25) is 5.02 Å². The highest BCUT2D eigenvalue weighted by atomic mass is 35.5. The SMILES string of the molecule is CCOc1cc(/C=C2/C(=N)N3N=C(C)SC3=NC2=O)cc(Cl)c1OCCOc1ccc(OC)cc1. The Bertz CT molecular complexity index is 1240. The molecule has 0 saturated heterocycles. The van der Waals surface area contributed by atoms with Crippen molar-refractivity contribution in [3.63, 3.8) is 0 Å². The summed E-state index contributed by atoms with van der Waals surface area (Å²) in [7, 11) is 1.61. The van der Waals surface area contributed by atoms with Crippen molar-refractivity contribution >= 4 is 51.4 Å². The predicted octanol–water partition coefficient (Wildman–Crippen LogP) is 4.84. The van der Waals surface area contributed by atoms with Crippen LogP contribution in [0.3, 0.4) is 0 Å². The van der Waals surface area contributed by atoms with Gasteiger partial charge in [0.05, 0.1) is 29.4 Å². The van der Waals surface area contributed by atoms with Crippen LogP contribution in [0, 0.1) is 5.41 Å². The first-order chi connectivity index (χ1) is 16.9. The van der Waals surface area contributed by atoms with E-state index >= 15 is 0 Å². The number of carbonyl (C=O) groups excluding carboxylic acids is 1. The molecule has 1 amide bonds. The van der Waals surface area contributed by atoms with Crippen LogP contribution in [0.25, 0.3) is 6.08 Å². The van der Waals surface area contributed by atoms with E-state index in [1.807, 2.05) is 31.2 Å². The zero-order valence-electron chi connectivity index (χ0n) is 19.3. The molecule has 9 nitrogen and oxygen atoms in total. The molecular formula is C24H23ClN4O5S. The van der Waals surface area contributed by atoms with Crippen molar-refractivity contribution in [2.75, 3.05) is 26.9 Å². The first kappa shape index (κ1) is 24.6. The lowest BCUT2D eigenvalue weighted by atomic mass is 10.1. The Hall–Kier alpha value is -3.50. The van der Waals surface area contributed by atoms with Gasteiger partial charge in [0.25, 0.3) is 5.91 Å². The third-order valence-corrected chi connectivity index (χ3v) is 5.96. The van der Waals surface area contributed by atoms with Gasteiger partial charge >= 0.3 is 0 Å². The van der Waals surface area contributed by atoms with Crippen LogP contribution in [0.1, 0.15) is 19.4 Å². The molecular weight excluding hydrogens is 492 g/mol. The quantitative estimate of drug-likeness (QED) is 0.377. The van der Waals surface area contributed by atoms with Crippen LogP contribution in [-0.4, -0.2) is 53.9 Å². The number of methoxy groups -OCH3 is 1. The lowest BCUT2D eigenvalue weighted by Gasteiger charge is -2.20. The molecule has 2 aromatic carbocycles. The summed E-state index contributed by atoms with van der Waals surface area (Å²) in [6.07, 6.45) is 1.55. The largest absolute Gasteiger partial charge is 0.497 e. The fraction of sp³-hybridized carbons (Fsp3) is 0.250. The highest BCUT2D eigenvalue weighted by molar-refractivity contribution is 8.26. The number of carbonyl (C=O) groups is 1. The summed E-state index contributed by atoms with van der Waals surface area (Å²) < 4.78 is 22.4. The van der Waals surface area contributed by atoms with Gasteiger partial charge in [-0.3, -0.25) is 10.2 Å². The molecule has 0 spiro atoms. The number of nitrogens with zero attached hydrogens (tertiary/aromatic N) is 3. The van der Waals surface area contributed by atoms with Crippen LogP contribution in [-0.2, 0) is 4.79 Å². The van der Waals surface area contributed by atoms with Crippen molar-refractivity contribution in [3.8, 4) is 23.0 Å². The first-order valence-electron chi connectivity index (χ1n) is 10.7. The van der Waals surface area contributed by atoms with E-state index < -0.39 is 5.91 Å². The molecule has 1 N–H and O–H groups in total. The number of ether oxygens (including phenoxy) is 4. The van der Waals surface area contributed by atoms with E-state index in [1.165, 1.54) is 16.8 Å². The molecule has 2 heterocycles. The van der Waals surface area contributed by atoms with Crippen LogP contribution in [0.5, 0.6) is 23.0 Å². The molecule has 0 atom stereocenters. The molecule has 182 valence electrons. The van der Waals surface area contributed by atoms with E-state index in [-0.39, 0.29) is 18.0 Å². The standard InChI is InChI=1S/C24H23ClN4O5S/c1-4-32-20-13-15(11-18-22(26)29-24(27-23(18)30)35-14(2)28-29)12-19(25)21(20)34-10-9-33-17-7-5-16(31-3)6-8-17/h5-8,11-13,26H,4,9-10H2,1-3H3/b18-11-,26-22?. The van der Waals surface area contributed by atoms with Gasteiger partial charge in [0, 0.05) is 0 Å². The van der Waals surface area contributed by atoms with Gasteiger partial charge in [-0.1, -0.05) is 11.6 Å². The van der Waals surface area contributed by atoms with Gasteiger partial charge < -0.3 is 18.9 Å². The van der Waals surface area contributed by atoms with Crippen molar-refractivity contribution in [3.05, 3.63) is 52.6 Å². The third kappa shape index (κ3) is 5.60. The third-order valence-electron chi connectivity index (χ3n) is 4.86. The Balaban J connectivity index is 1.49. The van der Waals surface area contributed by atoms with Gasteiger partial charge in [0.15, 0.2) is 17.3 Å². The number of amides is 1. The smallest absolute Gasteiger partial charge is 0.283 e. The Labute approximate surface area is 211 Å². The number of hydrazone groups is 1. The highest BCUT2D eigenvalue weighted by Gasteiger charge is 2.34. The number of benzene rings is 2. The summed E-state index contributed by atoms with van der Waals surface area (Å²) >= 11 is 7.76. The van der Waals surface area contributed by atoms with E-state index in [0.717, 1.165) is 5.75 Å². The van der Waals surface area contributed by atoms with Gasteiger partial charge in [-0.05, 0) is 73.6 Å². The molecule has 0 unspecified atom stereocenters. The fourth-order valence-corrected chi connectivity index (χ4v) is 4.31. The number of hydrogen-bond acceptors (Lipinski definition) is 8. The summed E-state index contributed by atoms with van der Waals surface area (Å²) in [5, 5.41) is 15.4. The van der Waals surface area contributed by atoms with Gasteiger partial charge in [-0.15, -0.1) is 0 Å². The molecule has 0 bridgehead atoms. The lowest BCUT2D eigenvalue weighted by Crippen LogP contribution is -2.35. The molecule has 0 aromatic heterocycles. The minimum atomic E-state index is -0.510. The molecule has 0 aliphatic carbocycles. The number of rotatable bonds is 9. The van der Waals surface area contributed by atoms with E-state index in [2.05, 4.69) is 10.1 Å². The predicted molar refractivity (Wildman–Crippen MR) is 137 cm³/mol. The molecule has 0 saturated carbocycles. The number of nitrogens with one attached hydrogen (secondary N) is 1. The second kappa shape index (κ2) is 10.8. The van der Waals surface area contributed by atoms with Crippen LogP contribution in [0.15, 0.2) is 52.1 Å².